The van der Waals surface area contributed by atoms with Crippen molar-refractivity contribution in [1.82, 2.24) is 4.98 Å². The van der Waals surface area contributed by atoms with Gasteiger partial charge < -0.3 is 11.1 Å². The molecule has 1 aromatic heterocycles. The number of nitrogens with two attached hydrogens (primary N) is 1. The third-order valence-electron chi connectivity index (χ3n) is 3.12. The fourth-order valence-electron chi connectivity index (χ4n) is 2.14. The van der Waals surface area contributed by atoms with Gasteiger partial charge in [-0.25, -0.2) is 4.98 Å². The van der Waals surface area contributed by atoms with Gasteiger partial charge in [0.05, 0.1) is 11.2 Å². The molecule has 0 unspecified atom stereocenters. The first-order chi connectivity index (χ1) is 10.1. The van der Waals surface area contributed by atoms with Gasteiger partial charge in [0.2, 0.25) is 0 Å². The van der Waals surface area contributed by atoms with E-state index < -0.39 is 0 Å². The number of aromatic nitrogens is 1. The Hall–Kier alpha value is -1.98. The number of fused-ring (bicyclic) bond motifs is 1. The number of hydrogen-bond donors (Lipinski definition) is 2. The van der Waals surface area contributed by atoms with Crippen LogP contribution < -0.4 is 11.1 Å². The lowest BCUT2D eigenvalue weighted by Crippen LogP contribution is -2.11. The van der Waals surface area contributed by atoms with Crippen molar-refractivity contribution in [1.29, 1.82) is 0 Å². The van der Waals surface area contributed by atoms with Crippen LogP contribution in [0.2, 0.25) is 0 Å². The van der Waals surface area contributed by atoms with Crippen LogP contribution in [0.1, 0.15) is 5.56 Å². The maximum atomic E-state index is 5.84. The first-order valence-electron chi connectivity index (χ1n) is 6.36. The lowest BCUT2D eigenvalue weighted by atomic mass is 10.1. The van der Waals surface area contributed by atoms with Crippen molar-refractivity contribution < 1.29 is 0 Å². The molecule has 0 bridgehead atoms. The average molecular weight is 358 g/mol. The summed E-state index contributed by atoms with van der Waals surface area (Å²) in [6.07, 6.45) is 0. The highest BCUT2D eigenvalue weighted by atomic mass is 79.9. The van der Waals surface area contributed by atoms with E-state index in [9.17, 15) is 0 Å². The lowest BCUT2D eigenvalue weighted by Gasteiger charge is -2.11. The highest BCUT2D eigenvalue weighted by molar-refractivity contribution is 9.10. The largest absolute Gasteiger partial charge is 0.389 e. The third kappa shape index (κ3) is 2.89. The van der Waals surface area contributed by atoms with Gasteiger partial charge in [-0.1, -0.05) is 42.5 Å². The van der Waals surface area contributed by atoms with Gasteiger partial charge in [0, 0.05) is 15.4 Å². The van der Waals surface area contributed by atoms with Crippen molar-refractivity contribution in [2.75, 3.05) is 5.32 Å². The predicted octanol–water partition coefficient (Wildman–Crippen LogP) is 4.38. The molecule has 0 saturated heterocycles. The molecule has 0 amide bonds. The summed E-state index contributed by atoms with van der Waals surface area (Å²) in [5, 5.41) is 4.25. The molecule has 3 rings (SSSR count). The van der Waals surface area contributed by atoms with Crippen LogP contribution in [0.15, 0.2) is 59.1 Å². The maximum absolute atomic E-state index is 5.84. The van der Waals surface area contributed by atoms with E-state index in [0.29, 0.717) is 10.8 Å². The molecule has 2 aromatic carbocycles. The molecule has 104 valence electrons. The zero-order chi connectivity index (χ0) is 14.8. The van der Waals surface area contributed by atoms with Crippen LogP contribution in [0.25, 0.3) is 10.9 Å². The third-order valence-corrected chi connectivity index (χ3v) is 4.03. The molecule has 21 heavy (non-hydrogen) atoms. The highest BCUT2D eigenvalue weighted by Gasteiger charge is 2.08. The van der Waals surface area contributed by atoms with Gasteiger partial charge in [0.15, 0.2) is 0 Å². The second-order valence-electron chi connectivity index (χ2n) is 4.54. The maximum Gasteiger partial charge on any atom is 0.131 e. The van der Waals surface area contributed by atoms with Crippen LogP contribution in [0.4, 0.5) is 11.5 Å². The van der Waals surface area contributed by atoms with E-state index in [0.717, 1.165) is 26.6 Å². The molecule has 0 aliphatic heterocycles. The van der Waals surface area contributed by atoms with Gasteiger partial charge in [-0.3, -0.25) is 0 Å². The zero-order valence-electron chi connectivity index (χ0n) is 11.0. The highest BCUT2D eigenvalue weighted by Crippen LogP contribution is 2.27. The van der Waals surface area contributed by atoms with Crippen molar-refractivity contribution in [2.45, 2.75) is 0 Å². The van der Waals surface area contributed by atoms with Gasteiger partial charge in [-0.05, 0) is 40.2 Å². The van der Waals surface area contributed by atoms with Crippen LogP contribution in [-0.4, -0.2) is 9.97 Å². The van der Waals surface area contributed by atoms with Gasteiger partial charge in [0.1, 0.15) is 10.8 Å². The minimum Gasteiger partial charge on any atom is -0.389 e. The van der Waals surface area contributed by atoms with Crippen LogP contribution in [0.5, 0.6) is 0 Å². The van der Waals surface area contributed by atoms with Gasteiger partial charge in [-0.15, -0.1) is 0 Å². The van der Waals surface area contributed by atoms with Crippen LogP contribution >= 0.6 is 28.1 Å². The smallest absolute Gasteiger partial charge is 0.131 e. The summed E-state index contributed by atoms with van der Waals surface area (Å²) in [6.45, 7) is 0. The minimum atomic E-state index is 0.365. The SMILES string of the molecule is NC(=S)c1cc(Nc2ccccc2Br)nc2ccccc12. The number of anilines is 2. The Bertz CT molecular complexity index is 833. The van der Waals surface area contributed by atoms with Crippen molar-refractivity contribution in [3.05, 3.63) is 64.6 Å². The zero-order valence-corrected chi connectivity index (χ0v) is 13.4. The van der Waals surface area contributed by atoms with Crippen LogP contribution in [0.3, 0.4) is 0 Å². The van der Waals surface area contributed by atoms with E-state index in [2.05, 4.69) is 26.2 Å². The van der Waals surface area contributed by atoms with Gasteiger partial charge in [-0.2, -0.15) is 0 Å². The van der Waals surface area contributed by atoms with Crippen molar-refractivity contribution >= 4 is 55.5 Å². The summed E-state index contributed by atoms with van der Waals surface area (Å²) in [6, 6.07) is 17.6. The number of rotatable bonds is 3. The Morgan fingerprint density at radius 1 is 1.10 bits per heavy atom. The first-order valence-corrected chi connectivity index (χ1v) is 7.56. The molecule has 1 heterocycles. The average Bonchev–Trinajstić information content (AvgIpc) is 2.48. The number of thiocarbonyl (C=S) groups is 1. The Balaban J connectivity index is 2.11. The van der Waals surface area contributed by atoms with E-state index in [1.165, 1.54) is 0 Å². The Kier molecular flexibility index (Phi) is 3.86. The number of hydrogen-bond acceptors (Lipinski definition) is 3. The molecule has 0 spiro atoms. The Labute approximate surface area is 136 Å². The van der Waals surface area contributed by atoms with Crippen molar-refractivity contribution in [3.8, 4) is 0 Å². The molecule has 3 N–H and O–H groups in total. The van der Waals surface area contributed by atoms with E-state index in [-0.39, 0.29) is 0 Å². The Morgan fingerprint density at radius 3 is 2.57 bits per heavy atom. The minimum absolute atomic E-state index is 0.365. The molecule has 0 aliphatic carbocycles. The van der Waals surface area contributed by atoms with Gasteiger partial charge >= 0.3 is 0 Å². The topological polar surface area (TPSA) is 50.9 Å². The molecular formula is C16H12BrN3S. The summed E-state index contributed by atoms with van der Waals surface area (Å²) < 4.78 is 0.969. The second-order valence-corrected chi connectivity index (χ2v) is 5.84. The number of nitrogens with zero attached hydrogens (tertiary/aromatic N) is 1. The number of benzene rings is 2. The van der Waals surface area contributed by atoms with Crippen LogP contribution in [0, 0.1) is 0 Å². The van der Waals surface area contributed by atoms with Gasteiger partial charge in [0.25, 0.3) is 0 Å². The fraction of sp³-hybridized carbons (Fsp3) is 0. The predicted molar refractivity (Wildman–Crippen MR) is 95.1 cm³/mol. The van der Waals surface area contributed by atoms with Crippen molar-refractivity contribution in [2.24, 2.45) is 5.73 Å². The first kappa shape index (κ1) is 14.0. The summed E-state index contributed by atoms with van der Waals surface area (Å²) in [5.41, 5.74) is 8.46. The standard InChI is InChI=1S/C16H12BrN3S/c17-12-6-2-4-8-14(12)20-15-9-11(16(18)21)10-5-1-3-7-13(10)19-15/h1-9H,(H2,18,21)(H,19,20). The van der Waals surface area contributed by atoms with E-state index in [1.807, 2.05) is 54.6 Å². The fourth-order valence-corrected chi connectivity index (χ4v) is 2.70. The summed E-state index contributed by atoms with van der Waals surface area (Å²) >= 11 is 8.66. The normalized spacial score (nSPS) is 10.5. The summed E-state index contributed by atoms with van der Waals surface area (Å²) in [7, 11) is 0. The number of nitrogens with one attached hydrogen (secondary N) is 1. The lowest BCUT2D eigenvalue weighted by molar-refractivity contribution is 1.36. The second kappa shape index (κ2) is 5.79. The molecular weight excluding hydrogens is 346 g/mol. The van der Waals surface area contributed by atoms with Crippen LogP contribution in [-0.2, 0) is 0 Å². The molecule has 0 atom stereocenters. The molecule has 0 fully saturated rings. The van der Waals surface area contributed by atoms with E-state index >= 15 is 0 Å². The Morgan fingerprint density at radius 2 is 1.81 bits per heavy atom. The molecule has 0 saturated carbocycles. The quantitative estimate of drug-likeness (QED) is 0.683. The summed E-state index contributed by atoms with van der Waals surface area (Å²) in [4.78, 5) is 4.97. The van der Waals surface area contributed by atoms with E-state index in [1.54, 1.807) is 0 Å². The van der Waals surface area contributed by atoms with Crippen molar-refractivity contribution in [3.63, 3.8) is 0 Å². The molecule has 5 heteroatoms. The number of halogens is 1. The molecule has 0 radical (unpaired) electrons. The monoisotopic (exact) mass is 357 g/mol. The molecule has 0 aliphatic rings. The summed E-state index contributed by atoms with van der Waals surface area (Å²) in [5.74, 6) is 0.711. The number of para-hydroxylation sites is 2. The molecule has 3 aromatic rings. The van der Waals surface area contributed by atoms with E-state index in [4.69, 9.17) is 18.0 Å². The molecule has 3 nitrogen and oxygen atoms in total. The number of pyridine rings is 1.